The van der Waals surface area contributed by atoms with Crippen LogP contribution in [-0.2, 0) is 12.8 Å². The molecule has 0 aromatic heterocycles. The maximum absolute atomic E-state index is 12.2. The van der Waals surface area contributed by atoms with E-state index < -0.39 is 0 Å². The summed E-state index contributed by atoms with van der Waals surface area (Å²) in [4.78, 5) is 12.2. The van der Waals surface area contributed by atoms with Crippen LogP contribution < -0.4 is 5.73 Å². The molecule has 2 N–H and O–H groups in total. The van der Waals surface area contributed by atoms with Gasteiger partial charge in [0.15, 0.2) is 5.78 Å². The van der Waals surface area contributed by atoms with Crippen LogP contribution in [0.5, 0.6) is 0 Å². The number of nitrogens with two attached hydrogens (primary N) is 1. The van der Waals surface area contributed by atoms with Crippen LogP contribution in [0.3, 0.4) is 0 Å². The predicted octanol–water partition coefficient (Wildman–Crippen LogP) is 3.12. The number of carbonyl (C=O) groups is 1. The van der Waals surface area contributed by atoms with Gasteiger partial charge in [0.2, 0.25) is 0 Å². The molecule has 2 rings (SSSR count). The van der Waals surface area contributed by atoms with Crippen molar-refractivity contribution in [3.63, 3.8) is 0 Å². The van der Waals surface area contributed by atoms with Gasteiger partial charge in [-0.25, -0.2) is 0 Å². The molecule has 0 spiro atoms. The van der Waals surface area contributed by atoms with Gasteiger partial charge in [0.1, 0.15) is 0 Å². The number of hydrogen-bond donors (Lipinski definition) is 1. The fourth-order valence-electron chi connectivity index (χ4n) is 2.52. The third-order valence-corrected chi connectivity index (χ3v) is 3.86. The molecule has 0 amide bonds. The summed E-state index contributed by atoms with van der Waals surface area (Å²) in [6, 6.07) is 6.22. The SMILES string of the molecule is CC(C)(CN)CC(=O)c1ccc2c(c1)CCCC2. The number of benzene rings is 1. The minimum atomic E-state index is -0.104. The molecular formula is C16H23NO. The summed E-state index contributed by atoms with van der Waals surface area (Å²) >= 11 is 0. The topological polar surface area (TPSA) is 43.1 Å². The zero-order chi connectivity index (χ0) is 13.2. The first-order valence-electron chi connectivity index (χ1n) is 6.87. The molecule has 0 fully saturated rings. The van der Waals surface area contributed by atoms with Crippen molar-refractivity contribution in [2.45, 2.75) is 46.0 Å². The lowest BCUT2D eigenvalue weighted by Crippen LogP contribution is -2.26. The van der Waals surface area contributed by atoms with Crippen LogP contribution >= 0.6 is 0 Å². The Bertz CT molecular complexity index is 448. The molecule has 2 nitrogen and oxygen atoms in total. The van der Waals surface area contributed by atoms with E-state index in [1.54, 1.807) is 0 Å². The molecule has 0 saturated heterocycles. The lowest BCUT2D eigenvalue weighted by molar-refractivity contribution is 0.0934. The van der Waals surface area contributed by atoms with Crippen LogP contribution in [0.15, 0.2) is 18.2 Å². The van der Waals surface area contributed by atoms with E-state index in [0.717, 1.165) is 18.4 Å². The van der Waals surface area contributed by atoms with Gasteiger partial charge in [0.25, 0.3) is 0 Å². The van der Waals surface area contributed by atoms with Gasteiger partial charge >= 0.3 is 0 Å². The molecule has 0 radical (unpaired) electrons. The van der Waals surface area contributed by atoms with E-state index in [-0.39, 0.29) is 11.2 Å². The molecule has 1 aliphatic carbocycles. The summed E-state index contributed by atoms with van der Waals surface area (Å²) in [6.07, 6.45) is 5.34. The smallest absolute Gasteiger partial charge is 0.163 e. The van der Waals surface area contributed by atoms with Gasteiger partial charge < -0.3 is 5.73 Å². The Labute approximate surface area is 110 Å². The number of aryl methyl sites for hydroxylation is 2. The first-order chi connectivity index (χ1) is 8.52. The predicted molar refractivity (Wildman–Crippen MR) is 74.9 cm³/mol. The van der Waals surface area contributed by atoms with Gasteiger partial charge in [-0.05, 0) is 54.8 Å². The molecule has 0 unspecified atom stereocenters. The highest BCUT2D eigenvalue weighted by Crippen LogP contribution is 2.25. The van der Waals surface area contributed by atoms with E-state index in [9.17, 15) is 4.79 Å². The zero-order valence-electron chi connectivity index (χ0n) is 11.5. The van der Waals surface area contributed by atoms with Crippen molar-refractivity contribution in [1.82, 2.24) is 0 Å². The van der Waals surface area contributed by atoms with Crippen molar-refractivity contribution in [1.29, 1.82) is 0 Å². The summed E-state index contributed by atoms with van der Waals surface area (Å²) in [5.74, 6) is 0.221. The Morgan fingerprint density at radius 1 is 1.22 bits per heavy atom. The van der Waals surface area contributed by atoms with Crippen molar-refractivity contribution in [3.05, 3.63) is 34.9 Å². The van der Waals surface area contributed by atoms with Crippen molar-refractivity contribution < 1.29 is 4.79 Å². The number of hydrogen-bond acceptors (Lipinski definition) is 2. The minimum Gasteiger partial charge on any atom is -0.330 e. The first kappa shape index (κ1) is 13.3. The Morgan fingerprint density at radius 2 is 1.89 bits per heavy atom. The standard InChI is InChI=1S/C16H23NO/c1-16(2,11-17)10-15(18)14-8-7-12-5-3-4-6-13(12)9-14/h7-9H,3-6,10-11,17H2,1-2H3. The van der Waals surface area contributed by atoms with Crippen LogP contribution in [0.2, 0.25) is 0 Å². The summed E-state index contributed by atoms with van der Waals surface area (Å²) in [5, 5.41) is 0. The molecule has 0 saturated carbocycles. The van der Waals surface area contributed by atoms with Crippen LogP contribution in [0, 0.1) is 5.41 Å². The first-order valence-corrected chi connectivity index (χ1v) is 6.87. The summed E-state index contributed by atoms with van der Waals surface area (Å²) in [7, 11) is 0. The molecule has 98 valence electrons. The van der Waals surface area contributed by atoms with Crippen molar-refractivity contribution in [3.8, 4) is 0 Å². The van der Waals surface area contributed by atoms with E-state index in [0.29, 0.717) is 13.0 Å². The number of carbonyl (C=O) groups excluding carboxylic acids is 1. The van der Waals surface area contributed by atoms with E-state index >= 15 is 0 Å². The van der Waals surface area contributed by atoms with Crippen molar-refractivity contribution >= 4 is 5.78 Å². The fourth-order valence-corrected chi connectivity index (χ4v) is 2.52. The summed E-state index contributed by atoms with van der Waals surface area (Å²) in [6.45, 7) is 4.64. The molecule has 2 heteroatoms. The van der Waals surface area contributed by atoms with Crippen LogP contribution in [0.25, 0.3) is 0 Å². The van der Waals surface area contributed by atoms with E-state index in [1.807, 2.05) is 19.9 Å². The third-order valence-electron chi connectivity index (χ3n) is 3.86. The maximum atomic E-state index is 12.2. The fraction of sp³-hybridized carbons (Fsp3) is 0.562. The molecule has 1 aromatic carbocycles. The van der Waals surface area contributed by atoms with Crippen molar-refractivity contribution in [2.24, 2.45) is 11.1 Å². The molecule has 0 atom stereocenters. The monoisotopic (exact) mass is 245 g/mol. The van der Waals surface area contributed by atoms with E-state index in [4.69, 9.17) is 5.73 Å². The molecule has 0 bridgehead atoms. The minimum absolute atomic E-state index is 0.104. The highest BCUT2D eigenvalue weighted by Gasteiger charge is 2.21. The van der Waals surface area contributed by atoms with Gasteiger partial charge in [0.05, 0.1) is 0 Å². The Morgan fingerprint density at radius 3 is 2.56 bits per heavy atom. The zero-order valence-corrected chi connectivity index (χ0v) is 11.5. The second-order valence-electron chi connectivity index (χ2n) is 6.16. The Balaban J connectivity index is 2.16. The maximum Gasteiger partial charge on any atom is 0.163 e. The lowest BCUT2D eigenvalue weighted by Gasteiger charge is -2.22. The third kappa shape index (κ3) is 2.99. The van der Waals surface area contributed by atoms with E-state index in [1.165, 1.54) is 24.0 Å². The second-order valence-corrected chi connectivity index (χ2v) is 6.16. The molecule has 0 aliphatic heterocycles. The van der Waals surface area contributed by atoms with E-state index in [2.05, 4.69) is 12.1 Å². The summed E-state index contributed by atoms with van der Waals surface area (Å²) in [5.41, 5.74) is 9.25. The average Bonchev–Trinajstić information content (AvgIpc) is 2.37. The van der Waals surface area contributed by atoms with Crippen LogP contribution in [0.4, 0.5) is 0 Å². The molecule has 18 heavy (non-hydrogen) atoms. The van der Waals surface area contributed by atoms with Gasteiger partial charge in [-0.3, -0.25) is 4.79 Å². The van der Waals surface area contributed by atoms with Crippen LogP contribution in [0.1, 0.15) is 54.6 Å². The van der Waals surface area contributed by atoms with Crippen LogP contribution in [-0.4, -0.2) is 12.3 Å². The second kappa shape index (κ2) is 5.23. The molecule has 1 aliphatic rings. The van der Waals surface area contributed by atoms with Gasteiger partial charge in [-0.15, -0.1) is 0 Å². The lowest BCUT2D eigenvalue weighted by atomic mass is 9.84. The van der Waals surface area contributed by atoms with Crippen molar-refractivity contribution in [2.75, 3.05) is 6.54 Å². The number of fused-ring (bicyclic) bond motifs is 1. The average molecular weight is 245 g/mol. The number of Topliss-reactive ketones (excluding diaryl/α,β-unsaturated/α-hetero) is 1. The Kier molecular flexibility index (Phi) is 3.86. The molecular weight excluding hydrogens is 222 g/mol. The Hall–Kier alpha value is -1.15. The molecule has 0 heterocycles. The van der Waals surface area contributed by atoms with Gasteiger partial charge in [-0.1, -0.05) is 26.0 Å². The van der Waals surface area contributed by atoms with Gasteiger partial charge in [0, 0.05) is 12.0 Å². The molecule has 1 aromatic rings. The number of rotatable bonds is 4. The quantitative estimate of drug-likeness (QED) is 0.828. The van der Waals surface area contributed by atoms with Gasteiger partial charge in [-0.2, -0.15) is 0 Å². The summed E-state index contributed by atoms with van der Waals surface area (Å²) < 4.78 is 0. The highest BCUT2D eigenvalue weighted by molar-refractivity contribution is 5.96. The number of ketones is 1. The normalized spacial score (nSPS) is 15.3. The highest BCUT2D eigenvalue weighted by atomic mass is 16.1. The largest absolute Gasteiger partial charge is 0.330 e.